The van der Waals surface area contributed by atoms with Gasteiger partial charge < -0.3 is 35.1 Å². The normalized spacial score (nSPS) is 13.7. The first-order valence-corrected chi connectivity index (χ1v) is 12.5. The first kappa shape index (κ1) is 28.8. The molecule has 3 aromatic rings. The van der Waals surface area contributed by atoms with Crippen LogP contribution in [0.5, 0.6) is 23.0 Å². The van der Waals surface area contributed by atoms with Crippen LogP contribution in [-0.2, 0) is 12.8 Å². The molecule has 0 aliphatic heterocycles. The van der Waals surface area contributed by atoms with Crippen molar-refractivity contribution in [1.82, 2.24) is 0 Å². The van der Waals surface area contributed by atoms with E-state index in [4.69, 9.17) is 4.42 Å². The fourth-order valence-electron chi connectivity index (χ4n) is 4.25. The Kier molecular flexibility index (Phi) is 8.59. The molecule has 2 atom stereocenters. The van der Waals surface area contributed by atoms with Crippen LogP contribution >= 0.6 is 0 Å². The Labute approximate surface area is 221 Å². The van der Waals surface area contributed by atoms with Crippen molar-refractivity contribution in [1.29, 1.82) is 0 Å². The number of aliphatic hydroxyl groups excluding tert-OH is 1. The molecule has 2 aromatic carbocycles. The van der Waals surface area contributed by atoms with Gasteiger partial charge in [0.25, 0.3) is 0 Å². The molecule has 6 N–H and O–H groups in total. The van der Waals surface area contributed by atoms with Gasteiger partial charge in [0.1, 0.15) is 39.7 Å². The molecule has 0 saturated carbocycles. The summed E-state index contributed by atoms with van der Waals surface area (Å²) in [4.78, 5) is 13.8. The molecule has 0 spiro atoms. The van der Waals surface area contributed by atoms with Gasteiger partial charge in [-0.15, -0.1) is 0 Å². The number of hydrogen-bond acceptors (Lipinski definition) is 8. The fraction of sp³-hybridized carbons (Fsp3) is 0.367. The van der Waals surface area contributed by atoms with Crippen LogP contribution < -0.4 is 5.43 Å². The average molecular weight is 525 g/mol. The molecule has 1 aromatic heterocycles. The molecule has 8 nitrogen and oxygen atoms in total. The van der Waals surface area contributed by atoms with Gasteiger partial charge in [-0.3, -0.25) is 4.79 Å². The highest BCUT2D eigenvalue weighted by Gasteiger charge is 2.33. The topological polar surface area (TPSA) is 152 Å². The van der Waals surface area contributed by atoms with E-state index in [9.17, 15) is 35.4 Å². The molecule has 3 rings (SSSR count). The van der Waals surface area contributed by atoms with Crippen LogP contribution in [0, 0.1) is 0 Å². The molecular formula is C30H36O8. The Bertz CT molecular complexity index is 1450. The summed E-state index contributed by atoms with van der Waals surface area (Å²) < 4.78 is 5.97. The van der Waals surface area contributed by atoms with E-state index in [2.05, 4.69) is 0 Å². The predicted octanol–water partition coefficient (Wildman–Crippen LogP) is 5.19. The summed E-state index contributed by atoms with van der Waals surface area (Å²) in [6, 6.07) is 4.95. The number of phenolic OH excluding ortho intramolecular Hbond substituents is 4. The third kappa shape index (κ3) is 6.20. The molecule has 0 unspecified atom stereocenters. The third-order valence-corrected chi connectivity index (χ3v) is 6.59. The number of hydrogen-bond donors (Lipinski definition) is 6. The molecule has 0 saturated heterocycles. The zero-order valence-corrected chi connectivity index (χ0v) is 22.4. The smallest absolute Gasteiger partial charge is 0.200 e. The SMILES string of the molecule is CC(C)=CCC[C@@](C)(O)[C@@H](O)Cc1c(-c2ccc(O)cc2O)oc2cc(O)c(CC=C(C)C)c(O)c2c1=O. The maximum absolute atomic E-state index is 13.8. The predicted molar refractivity (Wildman–Crippen MR) is 147 cm³/mol. The van der Waals surface area contributed by atoms with Gasteiger partial charge in [0.15, 0.2) is 5.43 Å². The van der Waals surface area contributed by atoms with E-state index in [1.54, 1.807) is 6.08 Å². The highest BCUT2D eigenvalue weighted by atomic mass is 16.3. The second kappa shape index (κ2) is 11.3. The molecule has 8 heteroatoms. The van der Waals surface area contributed by atoms with Crippen molar-refractivity contribution in [2.45, 2.75) is 72.0 Å². The van der Waals surface area contributed by atoms with Gasteiger partial charge in [-0.05, 0) is 66.0 Å². The van der Waals surface area contributed by atoms with Gasteiger partial charge in [0, 0.05) is 29.7 Å². The Hall–Kier alpha value is -3.75. The molecule has 0 aliphatic carbocycles. The van der Waals surface area contributed by atoms with E-state index in [0.29, 0.717) is 6.42 Å². The third-order valence-electron chi connectivity index (χ3n) is 6.59. The quantitative estimate of drug-likeness (QED) is 0.209. The van der Waals surface area contributed by atoms with E-state index in [0.717, 1.165) is 17.2 Å². The number of aliphatic hydroxyl groups is 2. The summed E-state index contributed by atoms with van der Waals surface area (Å²) >= 11 is 0. The Morgan fingerprint density at radius 1 is 0.974 bits per heavy atom. The minimum Gasteiger partial charge on any atom is -0.508 e. The molecule has 38 heavy (non-hydrogen) atoms. The molecular weight excluding hydrogens is 488 g/mol. The summed E-state index contributed by atoms with van der Waals surface area (Å²) in [5.41, 5.74) is -0.222. The van der Waals surface area contributed by atoms with E-state index >= 15 is 0 Å². The van der Waals surface area contributed by atoms with Crippen LogP contribution in [0.4, 0.5) is 0 Å². The Morgan fingerprint density at radius 3 is 2.24 bits per heavy atom. The first-order chi connectivity index (χ1) is 17.7. The van der Waals surface area contributed by atoms with Crippen LogP contribution in [0.2, 0.25) is 0 Å². The van der Waals surface area contributed by atoms with Crippen LogP contribution in [0.1, 0.15) is 58.6 Å². The maximum atomic E-state index is 13.8. The minimum absolute atomic E-state index is 0.0563. The van der Waals surface area contributed by atoms with E-state index in [1.165, 1.54) is 25.1 Å². The van der Waals surface area contributed by atoms with Crippen LogP contribution in [0.3, 0.4) is 0 Å². The van der Waals surface area contributed by atoms with Crippen molar-refractivity contribution < 1.29 is 35.1 Å². The molecule has 0 fully saturated rings. The highest BCUT2D eigenvalue weighted by Crippen LogP contribution is 2.40. The summed E-state index contributed by atoms with van der Waals surface area (Å²) in [6.45, 7) is 9.06. The zero-order valence-electron chi connectivity index (χ0n) is 22.4. The lowest BCUT2D eigenvalue weighted by Crippen LogP contribution is -2.41. The second-order valence-electron chi connectivity index (χ2n) is 10.4. The number of aromatic hydroxyl groups is 4. The number of allylic oxidation sites excluding steroid dienone is 4. The maximum Gasteiger partial charge on any atom is 0.200 e. The van der Waals surface area contributed by atoms with E-state index in [1.807, 2.05) is 33.8 Å². The van der Waals surface area contributed by atoms with Gasteiger partial charge >= 0.3 is 0 Å². The van der Waals surface area contributed by atoms with Gasteiger partial charge in [0.05, 0.1) is 17.3 Å². The monoisotopic (exact) mass is 524 g/mol. The van der Waals surface area contributed by atoms with Gasteiger partial charge in [-0.25, -0.2) is 0 Å². The zero-order chi connectivity index (χ0) is 28.4. The van der Waals surface area contributed by atoms with Crippen molar-refractivity contribution in [3.8, 4) is 34.3 Å². The van der Waals surface area contributed by atoms with Gasteiger partial charge in [-0.2, -0.15) is 0 Å². The molecule has 0 amide bonds. The lowest BCUT2D eigenvalue weighted by molar-refractivity contribution is -0.0655. The summed E-state index contributed by atoms with van der Waals surface area (Å²) in [7, 11) is 0. The Balaban J connectivity index is 2.25. The second-order valence-corrected chi connectivity index (χ2v) is 10.4. The molecule has 0 aliphatic rings. The molecule has 0 bridgehead atoms. The van der Waals surface area contributed by atoms with E-state index in [-0.39, 0.29) is 69.9 Å². The summed E-state index contributed by atoms with van der Waals surface area (Å²) in [5.74, 6) is -1.43. The van der Waals surface area contributed by atoms with Gasteiger partial charge in [-0.1, -0.05) is 23.3 Å². The van der Waals surface area contributed by atoms with Crippen molar-refractivity contribution in [3.63, 3.8) is 0 Å². The number of fused-ring (bicyclic) bond motifs is 1. The lowest BCUT2D eigenvalue weighted by Gasteiger charge is -2.29. The number of benzene rings is 2. The number of rotatable bonds is 9. The van der Waals surface area contributed by atoms with Crippen LogP contribution in [0.15, 0.2) is 56.8 Å². The molecule has 1 heterocycles. The average Bonchev–Trinajstić information content (AvgIpc) is 2.79. The van der Waals surface area contributed by atoms with Crippen LogP contribution in [0.25, 0.3) is 22.3 Å². The highest BCUT2D eigenvalue weighted by molar-refractivity contribution is 5.89. The van der Waals surface area contributed by atoms with Crippen molar-refractivity contribution >= 4 is 11.0 Å². The van der Waals surface area contributed by atoms with E-state index < -0.39 is 22.9 Å². The standard InChI is InChI=1S/C30H36O8/c1-16(2)7-6-12-30(5,37)25(34)14-21-28(36)26-24(15-23(33)19(27(26)35)10-8-17(3)4)38-29(21)20-11-9-18(31)13-22(20)32/h7-9,11,13,15,25,31-35,37H,6,10,12,14H2,1-5H3/t25-,30+/m0/s1. The summed E-state index contributed by atoms with van der Waals surface area (Å²) in [5, 5.41) is 63.7. The Morgan fingerprint density at radius 2 is 1.63 bits per heavy atom. The van der Waals surface area contributed by atoms with Crippen molar-refractivity contribution in [3.05, 3.63) is 68.9 Å². The van der Waals surface area contributed by atoms with Crippen molar-refractivity contribution in [2.24, 2.45) is 0 Å². The van der Waals surface area contributed by atoms with Crippen LogP contribution in [-0.4, -0.2) is 42.3 Å². The van der Waals surface area contributed by atoms with Gasteiger partial charge in [0.2, 0.25) is 0 Å². The molecule has 204 valence electrons. The minimum atomic E-state index is -1.56. The molecule has 0 radical (unpaired) electrons. The lowest BCUT2D eigenvalue weighted by atomic mass is 9.87. The fourth-order valence-corrected chi connectivity index (χ4v) is 4.25. The largest absolute Gasteiger partial charge is 0.508 e. The first-order valence-electron chi connectivity index (χ1n) is 12.5. The van der Waals surface area contributed by atoms with Crippen molar-refractivity contribution in [2.75, 3.05) is 0 Å². The summed E-state index contributed by atoms with van der Waals surface area (Å²) in [6.07, 6.45) is 2.90. The number of phenols is 4.